The number of aliphatic carboxylic acids is 1. The Labute approximate surface area is 202 Å². The van der Waals surface area contributed by atoms with Crippen molar-refractivity contribution >= 4 is 18.1 Å². The average Bonchev–Trinajstić information content (AvgIpc) is 3.06. The zero-order chi connectivity index (χ0) is 23.5. The number of carboxylic acid groups (broad SMARTS) is 1. The van der Waals surface area contributed by atoms with Gasteiger partial charge in [0.15, 0.2) is 0 Å². The highest BCUT2D eigenvalue weighted by Crippen LogP contribution is 2.33. The molecule has 1 aliphatic heterocycles. The van der Waals surface area contributed by atoms with Crippen LogP contribution in [0.25, 0.3) is 23.3 Å². The zero-order valence-electron chi connectivity index (χ0n) is 20.0. The number of fused-ring (bicyclic) bond motifs is 1. The highest BCUT2D eigenvalue weighted by molar-refractivity contribution is 5.90. The molecule has 1 atom stereocenters. The number of benzene rings is 3. The number of rotatable bonds is 5. The molecule has 0 aromatic heterocycles. The molecule has 3 nitrogen and oxygen atoms in total. The number of hydrogen-bond donors (Lipinski definition) is 1. The maximum Gasteiger partial charge on any atom is 0.318 e. The third kappa shape index (κ3) is 4.58. The van der Waals surface area contributed by atoms with E-state index < -0.39 is 11.4 Å². The van der Waals surface area contributed by atoms with Gasteiger partial charge in [-0.25, -0.2) is 0 Å². The van der Waals surface area contributed by atoms with E-state index >= 15 is 0 Å². The van der Waals surface area contributed by atoms with Crippen molar-refractivity contribution in [3.05, 3.63) is 93.9 Å². The number of hydrogen-bond acceptors (Lipinski definition) is 2. The predicted octanol–water partition coefficient (Wildman–Crippen LogP) is 5.03. The van der Waals surface area contributed by atoms with Gasteiger partial charge in [-0.1, -0.05) is 84.8 Å². The lowest BCUT2D eigenvalue weighted by Crippen LogP contribution is -2.36. The number of likely N-dealkylation sites (tertiary alicyclic amines) is 1. The molecule has 174 valence electrons. The van der Waals surface area contributed by atoms with Crippen molar-refractivity contribution in [1.29, 1.82) is 0 Å². The molecule has 2 aliphatic rings. The van der Waals surface area contributed by atoms with Crippen molar-refractivity contribution in [2.45, 2.75) is 51.0 Å². The van der Waals surface area contributed by atoms with Gasteiger partial charge >= 0.3 is 5.97 Å². The summed E-state index contributed by atoms with van der Waals surface area (Å²) < 4.78 is 0. The smallest absolute Gasteiger partial charge is 0.318 e. The van der Waals surface area contributed by atoms with Crippen molar-refractivity contribution in [3.8, 4) is 11.1 Å². The van der Waals surface area contributed by atoms with Crippen LogP contribution in [0.4, 0.5) is 0 Å². The molecule has 5 rings (SSSR count). The van der Waals surface area contributed by atoms with Crippen LogP contribution in [0, 0.1) is 6.92 Å². The molecular weight excluding hydrogens is 418 g/mol. The molecule has 1 heterocycles. The summed E-state index contributed by atoms with van der Waals surface area (Å²) in [6.07, 6.45) is 9.34. The van der Waals surface area contributed by atoms with Crippen LogP contribution in [-0.2, 0) is 16.8 Å². The van der Waals surface area contributed by atoms with E-state index in [9.17, 15) is 9.90 Å². The Kier molecular flexibility index (Phi) is 6.38. The number of aryl methyl sites for hydroxylation is 1. The molecule has 3 aromatic rings. The van der Waals surface area contributed by atoms with Gasteiger partial charge in [0, 0.05) is 6.54 Å². The topological polar surface area (TPSA) is 40.5 Å². The average molecular weight is 452 g/mol. The zero-order valence-corrected chi connectivity index (χ0v) is 20.0. The second-order valence-electron chi connectivity index (χ2n) is 9.91. The minimum absolute atomic E-state index is 0.558. The van der Waals surface area contributed by atoms with Crippen LogP contribution in [-0.4, -0.2) is 29.1 Å². The van der Waals surface area contributed by atoms with Gasteiger partial charge in [0.2, 0.25) is 0 Å². The molecule has 0 bridgehead atoms. The Morgan fingerprint density at radius 1 is 0.882 bits per heavy atom. The summed E-state index contributed by atoms with van der Waals surface area (Å²) in [5.74, 6) is -0.779. The third-order valence-electron chi connectivity index (χ3n) is 7.48. The molecular formula is C31H33NO2. The second-order valence-corrected chi connectivity index (χ2v) is 9.91. The summed E-state index contributed by atoms with van der Waals surface area (Å²) in [6, 6.07) is 23.2. The van der Waals surface area contributed by atoms with E-state index in [-0.39, 0.29) is 0 Å². The van der Waals surface area contributed by atoms with Crippen molar-refractivity contribution in [2.75, 3.05) is 13.1 Å². The Bertz CT molecular complexity index is 1280. The van der Waals surface area contributed by atoms with Crippen LogP contribution in [0.1, 0.15) is 48.8 Å². The Hall–Kier alpha value is -3.17. The van der Waals surface area contributed by atoms with Crippen LogP contribution in [0.15, 0.2) is 66.7 Å². The summed E-state index contributed by atoms with van der Waals surface area (Å²) in [6.45, 7) is 5.35. The van der Waals surface area contributed by atoms with Crippen molar-refractivity contribution in [3.63, 3.8) is 0 Å². The molecule has 34 heavy (non-hydrogen) atoms. The monoisotopic (exact) mass is 451 g/mol. The molecule has 0 spiro atoms. The van der Waals surface area contributed by atoms with Gasteiger partial charge in [0.05, 0.1) is 0 Å². The van der Waals surface area contributed by atoms with Crippen molar-refractivity contribution in [1.82, 2.24) is 4.90 Å². The van der Waals surface area contributed by atoms with E-state index in [2.05, 4.69) is 72.5 Å². The quantitative estimate of drug-likeness (QED) is 0.592. The Morgan fingerprint density at radius 3 is 2.29 bits per heavy atom. The van der Waals surface area contributed by atoms with E-state index in [4.69, 9.17) is 0 Å². The first-order chi connectivity index (χ1) is 16.5. The molecule has 3 heteroatoms. The molecule has 1 fully saturated rings. The Morgan fingerprint density at radius 2 is 1.59 bits per heavy atom. The van der Waals surface area contributed by atoms with E-state index in [1.54, 1.807) is 0 Å². The highest BCUT2D eigenvalue weighted by atomic mass is 16.4. The Balaban J connectivity index is 1.52. The predicted molar refractivity (Wildman–Crippen MR) is 139 cm³/mol. The van der Waals surface area contributed by atoms with E-state index in [1.807, 2.05) is 18.2 Å². The number of nitrogens with zero attached hydrogens (tertiary/aromatic N) is 1. The van der Waals surface area contributed by atoms with Gasteiger partial charge in [0.1, 0.15) is 5.41 Å². The van der Waals surface area contributed by atoms with Crippen LogP contribution in [0.2, 0.25) is 0 Å². The summed E-state index contributed by atoms with van der Waals surface area (Å²) in [7, 11) is 0. The van der Waals surface area contributed by atoms with E-state index in [1.165, 1.54) is 30.4 Å². The highest BCUT2D eigenvalue weighted by Gasteiger charge is 2.38. The van der Waals surface area contributed by atoms with Gasteiger partial charge in [-0.05, 0) is 84.5 Å². The number of carbonyl (C=O) groups is 1. The molecule has 1 saturated heterocycles. The van der Waals surface area contributed by atoms with Crippen LogP contribution in [0.5, 0.6) is 0 Å². The number of piperidine rings is 1. The van der Waals surface area contributed by atoms with E-state index in [0.29, 0.717) is 6.42 Å². The molecule has 0 saturated carbocycles. The van der Waals surface area contributed by atoms with Crippen LogP contribution >= 0.6 is 0 Å². The van der Waals surface area contributed by atoms with Gasteiger partial charge < -0.3 is 5.11 Å². The van der Waals surface area contributed by atoms with E-state index in [0.717, 1.165) is 53.2 Å². The SMILES string of the molecule is Cc1ccc(-c2ccc3c(c2)=CC(C(=O)O)(c2ccc(CN4CCCCC4)cc2)CCC=3)cc1. The standard InChI is InChI=1S/C31H33NO2/c1-23-7-11-26(12-8-23)27-14-13-25-6-5-17-31(30(33)34,21-28(25)20-27)29-15-9-24(10-16-29)22-32-18-3-2-4-19-32/h6-16,20-21H,2-5,17-19,22H2,1H3,(H,33,34). The van der Waals surface area contributed by atoms with Gasteiger partial charge in [0.25, 0.3) is 0 Å². The minimum Gasteiger partial charge on any atom is -0.480 e. The molecule has 1 N–H and O–H groups in total. The maximum atomic E-state index is 12.8. The molecule has 1 aliphatic carbocycles. The molecule has 3 aromatic carbocycles. The summed E-state index contributed by atoms with van der Waals surface area (Å²) in [4.78, 5) is 15.3. The third-order valence-corrected chi connectivity index (χ3v) is 7.48. The fourth-order valence-electron chi connectivity index (χ4n) is 5.41. The fourth-order valence-corrected chi connectivity index (χ4v) is 5.41. The fraction of sp³-hybridized carbons (Fsp3) is 0.323. The molecule has 0 radical (unpaired) electrons. The number of carboxylic acids is 1. The van der Waals surface area contributed by atoms with Crippen molar-refractivity contribution in [2.24, 2.45) is 0 Å². The van der Waals surface area contributed by atoms with Gasteiger partial charge in [-0.15, -0.1) is 0 Å². The maximum absolute atomic E-state index is 12.8. The molecule has 1 unspecified atom stereocenters. The first-order valence-electron chi connectivity index (χ1n) is 12.5. The van der Waals surface area contributed by atoms with Crippen LogP contribution in [0.3, 0.4) is 0 Å². The summed E-state index contributed by atoms with van der Waals surface area (Å²) >= 11 is 0. The summed E-state index contributed by atoms with van der Waals surface area (Å²) in [5.41, 5.74) is 4.58. The lowest BCUT2D eigenvalue weighted by molar-refractivity contribution is -0.141. The van der Waals surface area contributed by atoms with Gasteiger partial charge in [-0.2, -0.15) is 0 Å². The first kappa shape index (κ1) is 22.6. The summed E-state index contributed by atoms with van der Waals surface area (Å²) in [5, 5.41) is 12.6. The van der Waals surface area contributed by atoms with Crippen molar-refractivity contribution < 1.29 is 9.90 Å². The first-order valence-corrected chi connectivity index (χ1v) is 12.5. The second kappa shape index (κ2) is 9.60. The minimum atomic E-state index is -1.03. The van der Waals surface area contributed by atoms with Gasteiger partial charge in [-0.3, -0.25) is 9.69 Å². The molecule has 0 amide bonds. The lowest BCUT2D eigenvalue weighted by Gasteiger charge is -2.28. The largest absolute Gasteiger partial charge is 0.480 e. The van der Waals surface area contributed by atoms with Crippen LogP contribution < -0.4 is 10.4 Å². The lowest BCUT2D eigenvalue weighted by atomic mass is 9.76. The normalized spacial score (nSPS) is 20.5.